The second-order valence-corrected chi connectivity index (χ2v) is 7.04. The molecule has 108 valence electrons. The van der Waals surface area contributed by atoms with Gasteiger partial charge in [0.1, 0.15) is 0 Å². The maximum Gasteiger partial charge on any atom is 0.0897 e. The van der Waals surface area contributed by atoms with Crippen molar-refractivity contribution in [3.05, 3.63) is 49.3 Å². The molecule has 1 aromatic heterocycles. The number of benzene rings is 1. The van der Waals surface area contributed by atoms with Crippen molar-refractivity contribution in [3.63, 3.8) is 0 Å². The first-order chi connectivity index (χ1) is 9.51. The molecule has 1 heterocycles. The van der Waals surface area contributed by atoms with Crippen molar-refractivity contribution >= 4 is 38.9 Å². The van der Waals surface area contributed by atoms with Crippen molar-refractivity contribution < 1.29 is 0 Å². The van der Waals surface area contributed by atoms with Gasteiger partial charge in [-0.15, -0.1) is 11.3 Å². The van der Waals surface area contributed by atoms with Gasteiger partial charge in [-0.05, 0) is 37.7 Å². The number of rotatable bonds is 5. The van der Waals surface area contributed by atoms with E-state index in [1.807, 2.05) is 25.1 Å². The summed E-state index contributed by atoms with van der Waals surface area (Å²) >= 11 is 11.3. The Labute approximate surface area is 136 Å². The molecule has 6 heteroatoms. The van der Waals surface area contributed by atoms with E-state index in [0.717, 1.165) is 32.3 Å². The molecule has 1 unspecified atom stereocenters. The number of likely N-dealkylation sites (N-methyl/N-ethyl adjacent to an activating group) is 1. The van der Waals surface area contributed by atoms with Crippen LogP contribution in [0.1, 0.15) is 22.3 Å². The second kappa shape index (κ2) is 7.00. The predicted molar refractivity (Wildman–Crippen MR) is 89.3 cm³/mol. The minimum atomic E-state index is 0.102. The van der Waals surface area contributed by atoms with Crippen LogP contribution in [0.25, 0.3) is 0 Å². The number of nitrogens with zero attached hydrogens (tertiary/aromatic N) is 2. The average molecular weight is 375 g/mol. The van der Waals surface area contributed by atoms with Crippen LogP contribution in [0, 0.1) is 6.92 Å². The molecule has 2 aromatic rings. The van der Waals surface area contributed by atoms with Gasteiger partial charge in [-0.25, -0.2) is 4.98 Å². The van der Waals surface area contributed by atoms with Crippen LogP contribution >= 0.6 is 38.9 Å². The van der Waals surface area contributed by atoms with E-state index in [1.165, 1.54) is 0 Å². The lowest BCUT2D eigenvalue weighted by Gasteiger charge is -2.27. The molecule has 2 rings (SSSR count). The van der Waals surface area contributed by atoms with E-state index in [9.17, 15) is 0 Å². The largest absolute Gasteiger partial charge is 0.329 e. The highest BCUT2D eigenvalue weighted by atomic mass is 79.9. The number of halogens is 2. The molecule has 0 aliphatic carbocycles. The second-order valence-electron chi connectivity index (χ2n) is 4.69. The zero-order valence-corrected chi connectivity index (χ0v) is 14.6. The molecule has 1 aromatic carbocycles. The van der Waals surface area contributed by atoms with Gasteiger partial charge in [-0.2, -0.15) is 0 Å². The SMILES string of the molecule is Cc1nc(CN(C)C(CN)c2cc(Cl)ccc2Br)cs1. The smallest absolute Gasteiger partial charge is 0.0897 e. The standard InChI is InChI=1S/C14H17BrClN3S/c1-9-18-11(8-20-9)7-19(2)14(6-17)12-5-10(16)3-4-13(12)15/h3-5,8,14H,6-7,17H2,1-2H3. The Bertz CT molecular complexity index is 588. The van der Waals surface area contributed by atoms with Crippen molar-refractivity contribution in [1.29, 1.82) is 0 Å². The molecular formula is C14H17BrClN3S. The number of thiazole rings is 1. The van der Waals surface area contributed by atoms with E-state index >= 15 is 0 Å². The van der Waals surface area contributed by atoms with Gasteiger partial charge in [0.2, 0.25) is 0 Å². The summed E-state index contributed by atoms with van der Waals surface area (Å²) in [5.74, 6) is 0. The minimum absolute atomic E-state index is 0.102. The Balaban J connectivity index is 2.20. The molecular weight excluding hydrogens is 358 g/mol. The van der Waals surface area contributed by atoms with Gasteiger partial charge in [-0.3, -0.25) is 4.90 Å². The van der Waals surface area contributed by atoms with E-state index in [-0.39, 0.29) is 6.04 Å². The van der Waals surface area contributed by atoms with Crippen LogP contribution in [0.3, 0.4) is 0 Å². The molecule has 0 aliphatic rings. The summed E-state index contributed by atoms with van der Waals surface area (Å²) in [6, 6.07) is 5.89. The molecule has 3 nitrogen and oxygen atoms in total. The van der Waals surface area contributed by atoms with Gasteiger partial charge >= 0.3 is 0 Å². The van der Waals surface area contributed by atoms with Crippen molar-refractivity contribution in [3.8, 4) is 0 Å². The third-order valence-corrected chi connectivity index (χ3v) is 4.93. The fraction of sp³-hybridized carbons (Fsp3) is 0.357. The van der Waals surface area contributed by atoms with Gasteiger partial charge in [0, 0.05) is 34.0 Å². The van der Waals surface area contributed by atoms with Gasteiger partial charge in [0.05, 0.1) is 10.7 Å². The minimum Gasteiger partial charge on any atom is -0.329 e. The van der Waals surface area contributed by atoms with Crippen LogP contribution in [-0.2, 0) is 6.54 Å². The molecule has 0 saturated heterocycles. The van der Waals surface area contributed by atoms with Gasteiger partial charge in [-0.1, -0.05) is 27.5 Å². The maximum absolute atomic E-state index is 6.10. The summed E-state index contributed by atoms with van der Waals surface area (Å²) in [6.45, 7) is 3.31. The molecule has 1 atom stereocenters. The Morgan fingerprint density at radius 3 is 2.85 bits per heavy atom. The number of nitrogens with two attached hydrogens (primary N) is 1. The van der Waals surface area contributed by atoms with E-state index < -0.39 is 0 Å². The van der Waals surface area contributed by atoms with Crippen LogP contribution in [-0.4, -0.2) is 23.5 Å². The lowest BCUT2D eigenvalue weighted by molar-refractivity contribution is 0.239. The quantitative estimate of drug-likeness (QED) is 0.860. The van der Waals surface area contributed by atoms with Crippen molar-refractivity contribution in [2.24, 2.45) is 5.73 Å². The number of hydrogen-bond acceptors (Lipinski definition) is 4. The first-order valence-corrected chi connectivity index (χ1v) is 8.32. The summed E-state index contributed by atoms with van der Waals surface area (Å²) in [5.41, 5.74) is 8.14. The van der Waals surface area contributed by atoms with E-state index in [0.29, 0.717) is 6.54 Å². The molecule has 0 fully saturated rings. The summed E-state index contributed by atoms with van der Waals surface area (Å²) in [5, 5.41) is 3.90. The monoisotopic (exact) mass is 373 g/mol. The lowest BCUT2D eigenvalue weighted by Crippen LogP contribution is -2.30. The van der Waals surface area contributed by atoms with Gasteiger partial charge in [0.15, 0.2) is 0 Å². The Kier molecular flexibility index (Phi) is 5.57. The van der Waals surface area contributed by atoms with E-state index in [4.69, 9.17) is 17.3 Å². The Morgan fingerprint density at radius 2 is 2.25 bits per heavy atom. The molecule has 2 N–H and O–H groups in total. The van der Waals surface area contributed by atoms with Crippen LogP contribution in [0.4, 0.5) is 0 Å². The van der Waals surface area contributed by atoms with E-state index in [2.05, 4.69) is 38.2 Å². The number of hydrogen-bond donors (Lipinski definition) is 1. The maximum atomic E-state index is 6.10. The van der Waals surface area contributed by atoms with Crippen molar-refractivity contribution in [2.45, 2.75) is 19.5 Å². The fourth-order valence-electron chi connectivity index (χ4n) is 2.16. The summed E-state index contributed by atoms with van der Waals surface area (Å²) in [6.07, 6.45) is 0. The summed E-state index contributed by atoms with van der Waals surface area (Å²) in [4.78, 5) is 6.70. The number of aryl methyl sites for hydroxylation is 1. The zero-order valence-electron chi connectivity index (χ0n) is 11.4. The lowest BCUT2D eigenvalue weighted by atomic mass is 10.1. The fourth-order valence-corrected chi connectivity index (χ4v) is 3.46. The van der Waals surface area contributed by atoms with Gasteiger partial charge < -0.3 is 5.73 Å². The van der Waals surface area contributed by atoms with Crippen molar-refractivity contribution in [2.75, 3.05) is 13.6 Å². The van der Waals surface area contributed by atoms with Crippen LogP contribution < -0.4 is 5.73 Å². The Hall–Kier alpha value is -0.460. The normalized spacial score (nSPS) is 12.9. The summed E-state index contributed by atoms with van der Waals surface area (Å²) in [7, 11) is 2.06. The molecule has 0 spiro atoms. The number of aromatic nitrogens is 1. The van der Waals surface area contributed by atoms with E-state index in [1.54, 1.807) is 11.3 Å². The highest BCUT2D eigenvalue weighted by molar-refractivity contribution is 9.10. The predicted octanol–water partition coefficient (Wildman–Crippen LogP) is 4.00. The zero-order chi connectivity index (χ0) is 14.7. The molecule has 20 heavy (non-hydrogen) atoms. The third-order valence-electron chi connectivity index (χ3n) is 3.15. The highest BCUT2D eigenvalue weighted by Gasteiger charge is 2.19. The first-order valence-electron chi connectivity index (χ1n) is 6.27. The first kappa shape index (κ1) is 15.9. The molecule has 0 aliphatic heterocycles. The molecule has 0 radical (unpaired) electrons. The molecule has 0 amide bonds. The van der Waals surface area contributed by atoms with Gasteiger partial charge in [0.25, 0.3) is 0 Å². The van der Waals surface area contributed by atoms with Crippen LogP contribution in [0.15, 0.2) is 28.1 Å². The summed E-state index contributed by atoms with van der Waals surface area (Å²) < 4.78 is 1.03. The third kappa shape index (κ3) is 3.80. The molecule has 0 bridgehead atoms. The average Bonchev–Trinajstić information content (AvgIpc) is 2.80. The Morgan fingerprint density at radius 1 is 1.50 bits per heavy atom. The van der Waals surface area contributed by atoms with Crippen molar-refractivity contribution in [1.82, 2.24) is 9.88 Å². The topological polar surface area (TPSA) is 42.2 Å². The van der Waals surface area contributed by atoms with Crippen LogP contribution in [0.5, 0.6) is 0 Å². The van der Waals surface area contributed by atoms with Crippen LogP contribution in [0.2, 0.25) is 5.02 Å². The molecule has 0 saturated carbocycles. The highest BCUT2D eigenvalue weighted by Crippen LogP contribution is 2.30.